The van der Waals surface area contributed by atoms with Crippen LogP contribution in [0.2, 0.25) is 0 Å². The highest BCUT2D eigenvalue weighted by molar-refractivity contribution is 7.89. The molecule has 0 aromatic heterocycles. The Morgan fingerprint density at radius 1 is 1.10 bits per heavy atom. The molecular formula is C22H24N2O5S. The van der Waals surface area contributed by atoms with E-state index >= 15 is 0 Å². The smallest absolute Gasteiger partial charge is 0.311 e. The summed E-state index contributed by atoms with van der Waals surface area (Å²) in [7, 11) is -3.73. The van der Waals surface area contributed by atoms with Crippen LogP contribution in [0.5, 0.6) is 0 Å². The Balaban J connectivity index is 2.04. The van der Waals surface area contributed by atoms with E-state index in [2.05, 4.69) is 16.0 Å². The number of ether oxygens (including phenoxy) is 1. The van der Waals surface area contributed by atoms with Crippen molar-refractivity contribution < 1.29 is 22.7 Å². The van der Waals surface area contributed by atoms with Crippen molar-refractivity contribution in [2.45, 2.75) is 18.2 Å². The molecule has 30 heavy (non-hydrogen) atoms. The fourth-order valence-corrected chi connectivity index (χ4v) is 3.66. The van der Waals surface area contributed by atoms with E-state index in [1.165, 1.54) is 24.3 Å². The summed E-state index contributed by atoms with van der Waals surface area (Å²) in [4.78, 5) is 24.7. The van der Waals surface area contributed by atoms with Gasteiger partial charge in [-0.3, -0.25) is 9.59 Å². The molecule has 0 aliphatic carbocycles. The molecule has 0 saturated carbocycles. The Morgan fingerprint density at radius 3 is 2.37 bits per heavy atom. The molecule has 158 valence electrons. The highest BCUT2D eigenvalue weighted by atomic mass is 32.2. The molecule has 1 unspecified atom stereocenters. The van der Waals surface area contributed by atoms with Crippen LogP contribution in [-0.4, -0.2) is 40.0 Å². The molecule has 2 aromatic rings. The number of benzene rings is 2. The second kappa shape index (κ2) is 11.1. The summed E-state index contributed by atoms with van der Waals surface area (Å²) in [6.45, 7) is 1.95. The molecular weight excluding hydrogens is 404 g/mol. The van der Waals surface area contributed by atoms with Crippen LogP contribution in [0, 0.1) is 18.3 Å². The second-order valence-electron chi connectivity index (χ2n) is 6.40. The molecule has 0 radical (unpaired) electrons. The van der Waals surface area contributed by atoms with Crippen molar-refractivity contribution in [2.24, 2.45) is 5.92 Å². The first kappa shape index (κ1) is 23.1. The summed E-state index contributed by atoms with van der Waals surface area (Å²) in [6.07, 6.45) is 5.49. The summed E-state index contributed by atoms with van der Waals surface area (Å²) in [5.74, 6) is 0.851. The molecule has 0 saturated heterocycles. The fraction of sp³-hybridized carbons (Fsp3) is 0.273. The lowest BCUT2D eigenvalue weighted by molar-refractivity contribution is -0.147. The molecule has 1 amide bonds. The Labute approximate surface area is 176 Å². The first-order valence-corrected chi connectivity index (χ1v) is 10.9. The van der Waals surface area contributed by atoms with Crippen molar-refractivity contribution >= 4 is 21.9 Å². The molecule has 7 nitrogen and oxygen atoms in total. The van der Waals surface area contributed by atoms with Gasteiger partial charge in [0.05, 0.1) is 24.0 Å². The predicted molar refractivity (Wildman–Crippen MR) is 113 cm³/mol. The van der Waals surface area contributed by atoms with Gasteiger partial charge in [-0.2, -0.15) is 4.72 Å². The average Bonchev–Trinajstić information content (AvgIpc) is 2.76. The summed E-state index contributed by atoms with van der Waals surface area (Å²) >= 11 is 0. The normalized spacial score (nSPS) is 11.9. The first-order valence-electron chi connectivity index (χ1n) is 9.39. The third-order valence-electron chi connectivity index (χ3n) is 4.24. The Morgan fingerprint density at radius 2 is 1.77 bits per heavy atom. The molecule has 8 heteroatoms. The van der Waals surface area contributed by atoms with E-state index in [1.807, 2.05) is 30.3 Å². The van der Waals surface area contributed by atoms with Gasteiger partial charge in [-0.15, -0.1) is 6.42 Å². The van der Waals surface area contributed by atoms with Crippen molar-refractivity contribution in [3.8, 4) is 12.3 Å². The third-order valence-corrected chi connectivity index (χ3v) is 5.66. The van der Waals surface area contributed by atoms with Gasteiger partial charge in [-0.25, -0.2) is 8.42 Å². The Hall–Kier alpha value is -3.15. The van der Waals surface area contributed by atoms with Gasteiger partial charge in [0, 0.05) is 12.1 Å². The van der Waals surface area contributed by atoms with Crippen molar-refractivity contribution in [3.63, 3.8) is 0 Å². The lowest BCUT2D eigenvalue weighted by Gasteiger charge is -2.16. The largest absolute Gasteiger partial charge is 0.466 e. The van der Waals surface area contributed by atoms with E-state index in [0.29, 0.717) is 6.42 Å². The van der Waals surface area contributed by atoms with Crippen LogP contribution in [-0.2, 0) is 26.0 Å². The molecule has 0 aliphatic rings. The quantitative estimate of drug-likeness (QED) is 0.443. The van der Waals surface area contributed by atoms with E-state index in [9.17, 15) is 18.0 Å². The lowest BCUT2D eigenvalue weighted by Crippen LogP contribution is -2.35. The predicted octanol–water partition coefficient (Wildman–Crippen LogP) is 1.75. The van der Waals surface area contributed by atoms with E-state index in [4.69, 9.17) is 11.2 Å². The third kappa shape index (κ3) is 6.72. The van der Waals surface area contributed by atoms with Crippen LogP contribution in [0.25, 0.3) is 0 Å². The number of sulfonamides is 1. The van der Waals surface area contributed by atoms with Gasteiger partial charge in [-0.1, -0.05) is 36.3 Å². The van der Waals surface area contributed by atoms with Gasteiger partial charge in [0.1, 0.15) is 0 Å². The highest BCUT2D eigenvalue weighted by Gasteiger charge is 2.22. The first-order chi connectivity index (χ1) is 14.4. The van der Waals surface area contributed by atoms with Crippen molar-refractivity contribution in [1.82, 2.24) is 10.0 Å². The van der Waals surface area contributed by atoms with Gasteiger partial charge < -0.3 is 10.1 Å². The van der Waals surface area contributed by atoms with Crippen molar-refractivity contribution in [3.05, 3.63) is 65.7 Å². The summed E-state index contributed by atoms with van der Waals surface area (Å²) in [5.41, 5.74) is 1.23. The topological polar surface area (TPSA) is 102 Å². The minimum absolute atomic E-state index is 0.00257. The number of esters is 1. The molecule has 1 atom stereocenters. The summed E-state index contributed by atoms with van der Waals surface area (Å²) in [6, 6.07) is 14.9. The molecule has 0 bridgehead atoms. The standard InChI is InChI=1S/C22H24N2O5S/c1-3-14-24-30(27,28)20-12-10-18(11-13-20)21(25)23-16-19(22(26)29-4-2)15-17-8-6-5-7-9-17/h1,5-13,19,24H,4,14-16H2,2H3,(H,23,25). The van der Waals surface area contributed by atoms with Crippen LogP contribution in [0.3, 0.4) is 0 Å². The fourth-order valence-electron chi connectivity index (χ4n) is 2.72. The van der Waals surface area contributed by atoms with Crippen LogP contribution in [0.1, 0.15) is 22.8 Å². The molecule has 0 fully saturated rings. The Bertz CT molecular complexity index is 996. The number of hydrogen-bond acceptors (Lipinski definition) is 5. The number of nitrogens with one attached hydrogen (secondary N) is 2. The maximum Gasteiger partial charge on any atom is 0.311 e. The van der Waals surface area contributed by atoms with Gasteiger partial charge in [0.15, 0.2) is 0 Å². The minimum Gasteiger partial charge on any atom is -0.466 e. The minimum atomic E-state index is -3.73. The second-order valence-corrected chi connectivity index (χ2v) is 8.17. The van der Waals surface area contributed by atoms with Crippen molar-refractivity contribution in [2.75, 3.05) is 19.7 Å². The zero-order valence-corrected chi connectivity index (χ0v) is 17.4. The van der Waals surface area contributed by atoms with E-state index in [0.717, 1.165) is 5.56 Å². The molecule has 0 heterocycles. The van der Waals surface area contributed by atoms with Crippen LogP contribution in [0.4, 0.5) is 0 Å². The molecule has 2 N–H and O–H groups in total. The summed E-state index contributed by atoms with van der Waals surface area (Å²) in [5, 5.41) is 2.72. The van der Waals surface area contributed by atoms with Crippen LogP contribution in [0.15, 0.2) is 59.5 Å². The zero-order chi connectivity index (χ0) is 22.0. The SMILES string of the molecule is C#CCNS(=O)(=O)c1ccc(C(=O)NCC(Cc2ccccc2)C(=O)OCC)cc1. The number of amides is 1. The van der Waals surface area contributed by atoms with Gasteiger partial charge >= 0.3 is 5.97 Å². The molecule has 2 aromatic carbocycles. The maximum absolute atomic E-state index is 12.5. The van der Waals surface area contributed by atoms with E-state index in [-0.39, 0.29) is 36.1 Å². The zero-order valence-electron chi connectivity index (χ0n) is 16.6. The maximum atomic E-state index is 12.5. The Kier molecular flexibility index (Phi) is 8.59. The van der Waals surface area contributed by atoms with Gasteiger partial charge in [0.2, 0.25) is 10.0 Å². The van der Waals surface area contributed by atoms with Crippen LogP contribution < -0.4 is 10.0 Å². The lowest BCUT2D eigenvalue weighted by atomic mass is 9.99. The molecule has 0 spiro atoms. The monoisotopic (exact) mass is 428 g/mol. The van der Waals surface area contributed by atoms with Gasteiger partial charge in [-0.05, 0) is 43.2 Å². The molecule has 2 rings (SSSR count). The van der Waals surface area contributed by atoms with E-state index in [1.54, 1.807) is 6.92 Å². The number of hydrogen-bond donors (Lipinski definition) is 2. The number of terminal acetylenes is 1. The average molecular weight is 429 g/mol. The summed E-state index contributed by atoms with van der Waals surface area (Å²) < 4.78 is 31.4. The number of carbonyl (C=O) groups excluding carboxylic acids is 2. The molecule has 0 aliphatic heterocycles. The number of carbonyl (C=O) groups is 2. The highest BCUT2D eigenvalue weighted by Crippen LogP contribution is 2.12. The van der Waals surface area contributed by atoms with Crippen molar-refractivity contribution in [1.29, 1.82) is 0 Å². The van der Waals surface area contributed by atoms with Gasteiger partial charge in [0.25, 0.3) is 5.91 Å². The van der Waals surface area contributed by atoms with E-state index < -0.39 is 21.8 Å². The number of rotatable bonds is 10. The van der Waals surface area contributed by atoms with Crippen LogP contribution >= 0.6 is 0 Å².